The van der Waals surface area contributed by atoms with Gasteiger partial charge >= 0.3 is 0 Å². The molecular weight excluding hydrogens is 76.1 g/mol. The first-order valence-corrected chi connectivity index (χ1v) is 1.59. The summed E-state index contributed by atoms with van der Waals surface area (Å²) in [5, 5.41) is 9.23. The molecule has 0 atom stereocenters. The number of hydrogen-bond donors (Lipinski definition) is 1. The molecule has 0 aromatic carbocycles. The predicted molar refractivity (Wildman–Crippen MR) is 24.5 cm³/mol. The summed E-state index contributed by atoms with van der Waals surface area (Å²) in [6.07, 6.45) is -14.3. The van der Waals surface area contributed by atoms with Crippen molar-refractivity contribution in [2.75, 3.05) is 0 Å². The maximum Gasteiger partial charge on any atom is 0.0540 e. The molecule has 0 heterocycles. The van der Waals surface area contributed by atoms with Crippen LogP contribution in [0.3, 0.4) is 0 Å². The van der Waals surface area contributed by atoms with Gasteiger partial charge in [0, 0.05) is 11.0 Å². The van der Waals surface area contributed by atoms with Crippen LogP contribution < -0.4 is 0 Å². The van der Waals surface area contributed by atoms with E-state index in [1.165, 1.54) is 0 Å². The fraction of sp³-hybridized carbons (Fsp3) is 1.00. The Hall–Kier alpha value is -0.0400. The first-order valence-electron chi connectivity index (χ1n) is 5.59. The Labute approximate surface area is 49.2 Å². The van der Waals surface area contributed by atoms with Crippen LogP contribution in [0.5, 0.6) is 0 Å². The maximum atomic E-state index is 9.23. The van der Waals surface area contributed by atoms with Crippen molar-refractivity contribution in [2.24, 2.45) is 0 Å². The van der Waals surface area contributed by atoms with Crippen LogP contribution in [0.15, 0.2) is 0 Å². The molecule has 0 unspecified atom stereocenters. The molecule has 1 rings (SSSR count). The van der Waals surface area contributed by atoms with Crippen molar-refractivity contribution in [1.82, 2.24) is 0 Å². The highest BCUT2D eigenvalue weighted by Crippen LogP contribution is 2.16. The molecule has 0 spiro atoms. The zero-order chi connectivity index (χ0) is 11.6. The first kappa shape index (κ1) is 0.752. The number of aliphatic hydroxyl groups excluding tert-OH is 1. The first-order chi connectivity index (χ1) is 5.90. The van der Waals surface area contributed by atoms with E-state index < -0.39 is 31.6 Å². The summed E-state index contributed by atoms with van der Waals surface area (Å²) in [4.78, 5) is 0. The Morgan fingerprint density at radius 3 is 2.17 bits per heavy atom. The number of aliphatic hydroxyl groups is 1. The quantitative estimate of drug-likeness (QED) is 0.473. The molecule has 0 radical (unpaired) electrons. The molecule has 0 aromatic heterocycles. The van der Waals surface area contributed by atoms with Gasteiger partial charge in [-0.2, -0.15) is 0 Å². The molecule has 0 saturated heterocycles. The Morgan fingerprint density at radius 1 is 1.50 bits per heavy atom. The highest BCUT2D eigenvalue weighted by Gasteiger charge is 2.09. The van der Waals surface area contributed by atoms with E-state index in [2.05, 4.69) is 0 Å². The summed E-state index contributed by atoms with van der Waals surface area (Å²) < 4.78 is 57.4. The minimum absolute atomic E-state index is 2.32. The molecule has 0 bridgehead atoms. The van der Waals surface area contributed by atoms with Gasteiger partial charge in [0.05, 0.1) is 6.10 Å². The van der Waals surface area contributed by atoms with Gasteiger partial charge in [-0.3, -0.25) is 0 Å². The molecule has 1 aliphatic carbocycles. The van der Waals surface area contributed by atoms with Crippen LogP contribution >= 0.6 is 0 Å². The number of hydrogen-bond acceptors (Lipinski definition) is 1. The summed E-state index contributed by atoms with van der Waals surface area (Å²) in [5.74, 6) is 0. The van der Waals surface area contributed by atoms with Crippen molar-refractivity contribution in [3.8, 4) is 0 Å². The lowest BCUT2D eigenvalue weighted by Gasteiger charge is -1.91. The van der Waals surface area contributed by atoms with E-state index >= 15 is 0 Å². The largest absolute Gasteiger partial charge is 0.393 e. The molecule has 1 heteroatoms. The van der Waals surface area contributed by atoms with Crippen LogP contribution in [-0.4, -0.2) is 11.2 Å². The van der Waals surface area contributed by atoms with E-state index in [4.69, 9.17) is 11.0 Å². The molecule has 1 saturated carbocycles. The van der Waals surface area contributed by atoms with E-state index in [0.29, 0.717) is 0 Å². The molecule has 6 heavy (non-hydrogen) atoms. The minimum atomic E-state index is -3.07. The lowest BCUT2D eigenvalue weighted by molar-refractivity contribution is 0.183. The van der Waals surface area contributed by atoms with Crippen LogP contribution in [0.25, 0.3) is 0 Å². The van der Waals surface area contributed by atoms with Gasteiger partial charge in [0.25, 0.3) is 0 Å². The molecule has 0 aliphatic heterocycles. The van der Waals surface area contributed by atoms with E-state index in [1.807, 2.05) is 0 Å². The van der Waals surface area contributed by atoms with Crippen molar-refractivity contribution in [3.05, 3.63) is 0 Å². The lowest BCUT2D eigenvalue weighted by Crippen LogP contribution is -1.94. The normalized spacial score (nSPS) is 78.8. The summed E-state index contributed by atoms with van der Waals surface area (Å²) in [5.41, 5.74) is 0. The van der Waals surface area contributed by atoms with Crippen LogP contribution in [0.4, 0.5) is 0 Å². The smallest absolute Gasteiger partial charge is 0.0540 e. The highest BCUT2D eigenvalue weighted by molar-refractivity contribution is 4.63. The van der Waals surface area contributed by atoms with Crippen LogP contribution in [0.2, 0.25) is 0 Å². The van der Waals surface area contributed by atoms with Crippen LogP contribution in [0, 0.1) is 0 Å². The third kappa shape index (κ3) is 0.716. The Morgan fingerprint density at radius 2 is 2.00 bits per heavy atom. The molecule has 1 N–H and O–H groups in total. The Bertz CT molecular complexity index is 232. The minimum Gasteiger partial charge on any atom is -0.393 e. The summed E-state index contributed by atoms with van der Waals surface area (Å²) in [6, 6.07) is 0. The van der Waals surface area contributed by atoms with Crippen LogP contribution in [-0.2, 0) is 0 Å². The van der Waals surface area contributed by atoms with E-state index in [1.54, 1.807) is 0 Å². The summed E-state index contributed by atoms with van der Waals surface area (Å²) in [7, 11) is 0. The molecular formula is C5H10O. The zero-order valence-electron chi connectivity index (χ0n) is 11.0. The van der Waals surface area contributed by atoms with E-state index in [-0.39, 0.29) is 0 Å². The lowest BCUT2D eigenvalue weighted by atomic mass is 10.3. The SMILES string of the molecule is [2H]C1([2H])C(O)C([2H])([2H])C([2H])([2H])C1([2H])[2H]. The number of rotatable bonds is 0. The summed E-state index contributed by atoms with van der Waals surface area (Å²) in [6.45, 7) is 0. The molecule has 1 aliphatic rings. The van der Waals surface area contributed by atoms with Crippen molar-refractivity contribution in [1.29, 1.82) is 0 Å². The second-order valence-electron chi connectivity index (χ2n) is 0.941. The highest BCUT2D eigenvalue weighted by atomic mass is 16.3. The van der Waals surface area contributed by atoms with Crippen molar-refractivity contribution in [3.63, 3.8) is 0 Å². The molecule has 0 amide bonds. The van der Waals surface area contributed by atoms with Crippen molar-refractivity contribution >= 4 is 0 Å². The monoisotopic (exact) mass is 94.1 g/mol. The summed E-state index contributed by atoms with van der Waals surface area (Å²) >= 11 is 0. The standard InChI is InChI=1S/C5H10O/c6-5-3-1-2-4-5/h5-6H,1-4H2/i1D2,2D2,3D2,4D2. The third-order valence-electron chi connectivity index (χ3n) is 0.480. The second kappa shape index (κ2) is 1.61. The molecule has 0 aromatic rings. The fourth-order valence-electron chi connectivity index (χ4n) is 0.245. The second-order valence-corrected chi connectivity index (χ2v) is 0.941. The molecule has 36 valence electrons. The van der Waals surface area contributed by atoms with Gasteiger partial charge in [0.1, 0.15) is 0 Å². The van der Waals surface area contributed by atoms with Gasteiger partial charge < -0.3 is 5.11 Å². The van der Waals surface area contributed by atoms with Gasteiger partial charge in [0.15, 0.2) is 0 Å². The topological polar surface area (TPSA) is 20.2 Å². The Balaban J connectivity index is 3.38. The fourth-order valence-corrected chi connectivity index (χ4v) is 0.245. The van der Waals surface area contributed by atoms with E-state index in [9.17, 15) is 5.11 Å². The molecule has 1 fully saturated rings. The molecule has 1 nitrogen and oxygen atoms in total. The van der Waals surface area contributed by atoms with Crippen molar-refractivity contribution in [2.45, 2.75) is 31.6 Å². The average Bonchev–Trinajstić information content (AvgIpc) is 2.05. The van der Waals surface area contributed by atoms with Gasteiger partial charge in [-0.05, 0) is 12.7 Å². The maximum absolute atomic E-state index is 9.23. The van der Waals surface area contributed by atoms with Gasteiger partial charge in [0.2, 0.25) is 0 Å². The average molecular weight is 94.2 g/mol. The Kier molecular flexibility index (Phi) is 0.201. The van der Waals surface area contributed by atoms with Crippen molar-refractivity contribution < 1.29 is 16.1 Å². The van der Waals surface area contributed by atoms with Crippen LogP contribution in [0.1, 0.15) is 36.5 Å². The zero-order valence-corrected chi connectivity index (χ0v) is 3.02. The van der Waals surface area contributed by atoms with Gasteiger partial charge in [-0.25, -0.2) is 0 Å². The van der Waals surface area contributed by atoms with E-state index in [0.717, 1.165) is 0 Å². The third-order valence-corrected chi connectivity index (χ3v) is 0.480. The van der Waals surface area contributed by atoms with Gasteiger partial charge in [-0.15, -0.1) is 0 Å². The predicted octanol–water partition coefficient (Wildman–Crippen LogP) is 0.921. The van der Waals surface area contributed by atoms with Gasteiger partial charge in [-0.1, -0.05) is 12.7 Å².